The Bertz CT molecular complexity index is 969. The molecule has 0 saturated carbocycles. The number of hydrogen-bond donors (Lipinski definition) is 0. The van der Waals surface area contributed by atoms with Crippen molar-refractivity contribution in [2.45, 2.75) is 40.5 Å². The second kappa shape index (κ2) is 8.41. The third kappa shape index (κ3) is 5.80. The molecule has 0 aliphatic heterocycles. The maximum Gasteiger partial charge on any atom is 0.149 e. The second-order valence-electron chi connectivity index (χ2n) is 8.88. The third-order valence-electron chi connectivity index (χ3n) is 4.72. The summed E-state index contributed by atoms with van der Waals surface area (Å²) in [7, 11) is 0. The Morgan fingerprint density at radius 2 is 1.57 bits per heavy atom. The first kappa shape index (κ1) is 19.9. The van der Waals surface area contributed by atoms with Crippen LogP contribution in [0.3, 0.4) is 0 Å². The van der Waals surface area contributed by atoms with Crippen LogP contribution < -0.4 is 4.74 Å². The SMILES string of the molecule is CC1(C)C=C(C#Cc2ccccc2OCC#Cc2ccccc2)CC(C)(C)C1. The van der Waals surface area contributed by atoms with Gasteiger partial charge in [-0.15, -0.1) is 0 Å². The van der Waals surface area contributed by atoms with Crippen LogP contribution in [0.2, 0.25) is 0 Å². The Morgan fingerprint density at radius 1 is 0.857 bits per heavy atom. The Labute approximate surface area is 169 Å². The summed E-state index contributed by atoms with van der Waals surface area (Å²) < 4.78 is 5.89. The van der Waals surface area contributed by atoms with E-state index in [1.165, 1.54) is 12.0 Å². The van der Waals surface area contributed by atoms with Gasteiger partial charge < -0.3 is 4.74 Å². The molecule has 2 aromatic carbocycles. The van der Waals surface area contributed by atoms with Gasteiger partial charge in [-0.3, -0.25) is 0 Å². The number of benzene rings is 2. The fraction of sp³-hybridized carbons (Fsp3) is 0.333. The number of para-hydroxylation sites is 1. The topological polar surface area (TPSA) is 9.23 Å². The smallest absolute Gasteiger partial charge is 0.149 e. The Morgan fingerprint density at radius 3 is 2.32 bits per heavy atom. The molecular weight excluding hydrogens is 340 g/mol. The van der Waals surface area contributed by atoms with E-state index >= 15 is 0 Å². The predicted molar refractivity (Wildman–Crippen MR) is 117 cm³/mol. The molecule has 3 rings (SSSR count). The Balaban J connectivity index is 1.73. The van der Waals surface area contributed by atoms with Crippen molar-refractivity contribution < 1.29 is 4.74 Å². The zero-order valence-corrected chi connectivity index (χ0v) is 17.3. The second-order valence-corrected chi connectivity index (χ2v) is 8.88. The minimum absolute atomic E-state index is 0.189. The van der Waals surface area contributed by atoms with Crippen molar-refractivity contribution in [2.24, 2.45) is 10.8 Å². The Hall–Kier alpha value is -2.90. The van der Waals surface area contributed by atoms with E-state index in [9.17, 15) is 0 Å². The Kier molecular flexibility index (Phi) is 5.96. The molecule has 1 aliphatic rings. The number of hydrogen-bond acceptors (Lipinski definition) is 1. The summed E-state index contributed by atoms with van der Waals surface area (Å²) in [5.41, 5.74) is 3.60. The van der Waals surface area contributed by atoms with Crippen LogP contribution in [-0.2, 0) is 0 Å². The van der Waals surface area contributed by atoms with Gasteiger partial charge >= 0.3 is 0 Å². The van der Waals surface area contributed by atoms with Crippen molar-refractivity contribution in [3.63, 3.8) is 0 Å². The van der Waals surface area contributed by atoms with Crippen LogP contribution in [0, 0.1) is 34.5 Å². The highest BCUT2D eigenvalue weighted by molar-refractivity contribution is 5.49. The molecular formula is C27H28O. The van der Waals surface area contributed by atoms with Gasteiger partial charge in [-0.05, 0) is 53.5 Å². The fourth-order valence-corrected chi connectivity index (χ4v) is 4.08. The summed E-state index contributed by atoms with van der Waals surface area (Å²) in [5, 5.41) is 0. The van der Waals surface area contributed by atoms with Gasteiger partial charge in [-0.25, -0.2) is 0 Å². The summed E-state index contributed by atoms with van der Waals surface area (Å²) in [6, 6.07) is 17.9. The number of rotatable bonds is 2. The van der Waals surface area contributed by atoms with Crippen molar-refractivity contribution in [2.75, 3.05) is 6.61 Å². The van der Waals surface area contributed by atoms with Crippen LogP contribution in [0.5, 0.6) is 5.75 Å². The molecule has 0 spiro atoms. The van der Waals surface area contributed by atoms with Crippen molar-refractivity contribution >= 4 is 0 Å². The lowest BCUT2D eigenvalue weighted by Crippen LogP contribution is -2.26. The maximum absolute atomic E-state index is 5.89. The monoisotopic (exact) mass is 368 g/mol. The number of allylic oxidation sites excluding steroid dienone is 2. The van der Waals surface area contributed by atoms with E-state index in [1.807, 2.05) is 54.6 Å². The maximum atomic E-state index is 5.89. The average molecular weight is 369 g/mol. The third-order valence-corrected chi connectivity index (χ3v) is 4.72. The highest BCUT2D eigenvalue weighted by Gasteiger charge is 2.32. The van der Waals surface area contributed by atoms with Crippen LogP contribution in [0.1, 0.15) is 51.7 Å². The molecule has 0 bridgehead atoms. The molecule has 0 heterocycles. The number of ether oxygens (including phenoxy) is 1. The molecule has 0 amide bonds. The van der Waals surface area contributed by atoms with E-state index in [2.05, 4.69) is 57.5 Å². The minimum Gasteiger partial charge on any atom is -0.480 e. The van der Waals surface area contributed by atoms with Crippen molar-refractivity contribution in [1.82, 2.24) is 0 Å². The van der Waals surface area contributed by atoms with E-state index in [-0.39, 0.29) is 10.8 Å². The van der Waals surface area contributed by atoms with Crippen LogP contribution in [0.25, 0.3) is 0 Å². The first-order valence-electron chi connectivity index (χ1n) is 9.83. The van der Waals surface area contributed by atoms with E-state index in [4.69, 9.17) is 4.74 Å². The van der Waals surface area contributed by atoms with Crippen LogP contribution in [0.4, 0.5) is 0 Å². The zero-order valence-electron chi connectivity index (χ0n) is 17.3. The summed E-state index contributed by atoms with van der Waals surface area (Å²) in [6.07, 6.45) is 4.54. The molecule has 0 fully saturated rings. The molecule has 1 aliphatic carbocycles. The summed E-state index contributed by atoms with van der Waals surface area (Å²) >= 11 is 0. The van der Waals surface area contributed by atoms with Crippen LogP contribution in [-0.4, -0.2) is 6.61 Å². The van der Waals surface area contributed by atoms with Gasteiger partial charge in [0.1, 0.15) is 12.4 Å². The van der Waals surface area contributed by atoms with Crippen LogP contribution >= 0.6 is 0 Å². The molecule has 0 saturated heterocycles. The van der Waals surface area contributed by atoms with Gasteiger partial charge in [0.25, 0.3) is 0 Å². The molecule has 142 valence electrons. The largest absolute Gasteiger partial charge is 0.480 e. The molecule has 0 radical (unpaired) electrons. The highest BCUT2D eigenvalue weighted by Crippen LogP contribution is 2.44. The van der Waals surface area contributed by atoms with Crippen molar-refractivity contribution in [3.05, 3.63) is 77.4 Å². The standard InChI is InChI=1S/C27H28O/c1-26(2)19-23(20-27(3,4)21-26)16-17-24-14-8-9-15-25(24)28-18-10-13-22-11-6-5-7-12-22/h5-9,11-12,14-15,19H,18,20-21H2,1-4H3. The average Bonchev–Trinajstić information content (AvgIpc) is 2.63. The summed E-state index contributed by atoms with van der Waals surface area (Å²) in [5.74, 6) is 13.7. The first-order chi connectivity index (χ1) is 13.3. The summed E-state index contributed by atoms with van der Waals surface area (Å²) in [4.78, 5) is 0. The van der Waals surface area contributed by atoms with Gasteiger partial charge in [0.2, 0.25) is 0 Å². The lowest BCUT2D eigenvalue weighted by Gasteiger charge is -2.38. The predicted octanol–water partition coefficient (Wildman–Crippen LogP) is 6.24. The van der Waals surface area contributed by atoms with Crippen molar-refractivity contribution in [3.8, 4) is 29.4 Å². The zero-order chi connectivity index (χ0) is 20.0. The van der Waals surface area contributed by atoms with Gasteiger partial charge in [0.15, 0.2) is 0 Å². The normalized spacial score (nSPS) is 16.6. The van der Waals surface area contributed by atoms with Gasteiger partial charge in [-0.1, -0.05) is 87.8 Å². The minimum atomic E-state index is 0.189. The molecule has 0 N–H and O–H groups in total. The lowest BCUT2D eigenvalue weighted by molar-refractivity contribution is 0.218. The van der Waals surface area contributed by atoms with Gasteiger partial charge in [0.05, 0.1) is 5.56 Å². The van der Waals surface area contributed by atoms with Gasteiger partial charge in [-0.2, -0.15) is 0 Å². The van der Waals surface area contributed by atoms with E-state index in [1.54, 1.807) is 0 Å². The quantitative estimate of drug-likeness (QED) is 0.570. The fourth-order valence-electron chi connectivity index (χ4n) is 4.08. The van der Waals surface area contributed by atoms with E-state index in [0.717, 1.165) is 23.3 Å². The summed E-state index contributed by atoms with van der Waals surface area (Å²) in [6.45, 7) is 9.57. The molecule has 0 atom stereocenters. The molecule has 1 heteroatoms. The lowest BCUT2D eigenvalue weighted by atomic mass is 9.67. The van der Waals surface area contributed by atoms with E-state index in [0.29, 0.717) is 6.61 Å². The molecule has 0 aromatic heterocycles. The molecule has 0 unspecified atom stereocenters. The highest BCUT2D eigenvalue weighted by atomic mass is 16.5. The first-order valence-corrected chi connectivity index (χ1v) is 9.83. The molecule has 28 heavy (non-hydrogen) atoms. The molecule has 1 nitrogen and oxygen atoms in total. The van der Waals surface area contributed by atoms with Crippen molar-refractivity contribution in [1.29, 1.82) is 0 Å². The molecule has 2 aromatic rings. The van der Waals surface area contributed by atoms with Gasteiger partial charge in [0, 0.05) is 5.56 Å². The van der Waals surface area contributed by atoms with E-state index < -0.39 is 0 Å². The van der Waals surface area contributed by atoms with Crippen LogP contribution in [0.15, 0.2) is 66.2 Å².